The first-order chi connectivity index (χ1) is 16.3. The molecule has 0 heterocycles. The highest BCUT2D eigenvalue weighted by Crippen LogP contribution is 2.36. The fraction of sp³-hybridized carbons (Fsp3) is 0.0370. The second kappa shape index (κ2) is 8.28. The zero-order valence-electron chi connectivity index (χ0n) is 18.2. The zero-order valence-corrected chi connectivity index (χ0v) is 19.0. The predicted molar refractivity (Wildman–Crippen MR) is 132 cm³/mol. The summed E-state index contributed by atoms with van der Waals surface area (Å²) in [6.07, 6.45) is 0. The van der Waals surface area contributed by atoms with E-state index in [1.54, 1.807) is 67.6 Å². The number of aryl methyl sites for hydroxylation is 1. The van der Waals surface area contributed by atoms with E-state index in [-0.39, 0.29) is 10.7 Å². The van der Waals surface area contributed by atoms with E-state index in [9.17, 15) is 18.0 Å². The number of fused-ring (bicyclic) bond motifs is 3. The normalized spacial score (nSPS) is 12.1. The number of sulfonamides is 1. The molecule has 6 nitrogen and oxygen atoms in total. The van der Waals surface area contributed by atoms with Crippen molar-refractivity contribution in [1.82, 2.24) is 0 Å². The Kier molecular flexibility index (Phi) is 5.26. The second-order valence-electron chi connectivity index (χ2n) is 8.04. The average Bonchev–Trinajstić information content (AvgIpc) is 3.13. The van der Waals surface area contributed by atoms with Crippen molar-refractivity contribution in [1.29, 1.82) is 0 Å². The Morgan fingerprint density at radius 2 is 1.41 bits per heavy atom. The van der Waals surface area contributed by atoms with Crippen LogP contribution in [-0.2, 0) is 10.0 Å². The number of carbonyl (C=O) groups is 2. The molecule has 0 aliphatic heterocycles. The van der Waals surface area contributed by atoms with Gasteiger partial charge in [-0.05, 0) is 60.0 Å². The standard InChI is InChI=1S/C27H20N2O4S/c1-17-11-13-19(16-25(17)29-34(32,33)20-7-3-2-4-8-20)28-27(31)18-12-14-22-21-9-5-6-10-23(21)26(30)24(22)15-18/h2-16,29H,1H3,(H,28,31). The van der Waals surface area contributed by atoms with Crippen LogP contribution >= 0.6 is 0 Å². The number of carbonyl (C=O) groups excluding carboxylic acids is 2. The molecule has 7 heteroatoms. The molecule has 0 bridgehead atoms. The second-order valence-corrected chi connectivity index (χ2v) is 9.72. The third kappa shape index (κ3) is 3.86. The number of nitrogens with one attached hydrogen (secondary N) is 2. The van der Waals surface area contributed by atoms with Crippen molar-refractivity contribution in [2.45, 2.75) is 11.8 Å². The van der Waals surface area contributed by atoms with Gasteiger partial charge in [-0.3, -0.25) is 14.3 Å². The molecule has 4 aromatic carbocycles. The highest BCUT2D eigenvalue weighted by atomic mass is 32.2. The van der Waals surface area contributed by atoms with Gasteiger partial charge in [0.15, 0.2) is 5.78 Å². The van der Waals surface area contributed by atoms with E-state index in [2.05, 4.69) is 10.0 Å². The van der Waals surface area contributed by atoms with Gasteiger partial charge < -0.3 is 5.32 Å². The molecule has 0 saturated heterocycles. The van der Waals surface area contributed by atoms with E-state index in [1.165, 1.54) is 12.1 Å². The summed E-state index contributed by atoms with van der Waals surface area (Å²) in [6.45, 7) is 1.78. The summed E-state index contributed by atoms with van der Waals surface area (Å²) in [5.74, 6) is -0.500. The van der Waals surface area contributed by atoms with Crippen LogP contribution in [0.3, 0.4) is 0 Å². The van der Waals surface area contributed by atoms with Crippen molar-refractivity contribution in [3.63, 3.8) is 0 Å². The maximum atomic E-state index is 12.9. The molecule has 0 aromatic heterocycles. The Morgan fingerprint density at radius 3 is 2.18 bits per heavy atom. The molecule has 2 N–H and O–H groups in total. The van der Waals surface area contributed by atoms with Gasteiger partial charge in [-0.25, -0.2) is 8.42 Å². The third-order valence-electron chi connectivity index (χ3n) is 5.78. The summed E-state index contributed by atoms with van der Waals surface area (Å²) < 4.78 is 28.0. The Hall–Kier alpha value is -4.23. The summed E-state index contributed by atoms with van der Waals surface area (Å²) in [5.41, 5.74) is 4.63. The summed E-state index contributed by atoms with van der Waals surface area (Å²) in [7, 11) is -3.77. The van der Waals surface area contributed by atoms with Crippen LogP contribution < -0.4 is 10.0 Å². The Bertz CT molecular complexity index is 1560. The first-order valence-electron chi connectivity index (χ1n) is 10.6. The van der Waals surface area contributed by atoms with Crippen molar-refractivity contribution in [2.24, 2.45) is 0 Å². The fourth-order valence-corrected chi connectivity index (χ4v) is 5.13. The molecule has 0 unspecified atom stereocenters. The predicted octanol–water partition coefficient (Wildman–Crippen LogP) is 5.26. The minimum atomic E-state index is -3.77. The van der Waals surface area contributed by atoms with Gasteiger partial charge in [0.2, 0.25) is 0 Å². The first-order valence-corrected chi connectivity index (χ1v) is 12.1. The van der Waals surface area contributed by atoms with Gasteiger partial charge in [-0.1, -0.05) is 54.6 Å². The van der Waals surface area contributed by atoms with Crippen molar-refractivity contribution in [2.75, 3.05) is 10.0 Å². The Balaban J connectivity index is 1.39. The van der Waals surface area contributed by atoms with E-state index < -0.39 is 15.9 Å². The lowest BCUT2D eigenvalue weighted by Crippen LogP contribution is -2.15. The van der Waals surface area contributed by atoms with Crippen molar-refractivity contribution >= 4 is 33.1 Å². The molecule has 1 aliphatic carbocycles. The molecule has 0 fully saturated rings. The molecule has 168 valence electrons. The van der Waals surface area contributed by atoms with E-state index in [0.29, 0.717) is 33.6 Å². The summed E-state index contributed by atoms with van der Waals surface area (Å²) in [4.78, 5) is 25.8. The topological polar surface area (TPSA) is 92.3 Å². The lowest BCUT2D eigenvalue weighted by atomic mass is 10.0. The van der Waals surface area contributed by atoms with Crippen LogP contribution in [0.5, 0.6) is 0 Å². The highest BCUT2D eigenvalue weighted by molar-refractivity contribution is 7.92. The number of benzene rings is 4. The van der Waals surface area contributed by atoms with E-state index >= 15 is 0 Å². The van der Waals surface area contributed by atoms with Crippen LogP contribution in [0.2, 0.25) is 0 Å². The minimum absolute atomic E-state index is 0.104. The maximum Gasteiger partial charge on any atom is 0.261 e. The molecule has 34 heavy (non-hydrogen) atoms. The van der Waals surface area contributed by atoms with Gasteiger partial charge in [0.25, 0.3) is 15.9 Å². The lowest BCUT2D eigenvalue weighted by Gasteiger charge is -2.13. The largest absolute Gasteiger partial charge is 0.322 e. The Morgan fingerprint density at radius 1 is 0.735 bits per heavy atom. The number of amides is 1. The molecular weight excluding hydrogens is 448 g/mol. The first kappa shape index (κ1) is 21.6. The highest BCUT2D eigenvalue weighted by Gasteiger charge is 2.27. The smallest absolute Gasteiger partial charge is 0.261 e. The van der Waals surface area contributed by atoms with Crippen molar-refractivity contribution < 1.29 is 18.0 Å². The van der Waals surface area contributed by atoms with Crippen LogP contribution in [0.15, 0.2) is 95.9 Å². The molecule has 4 aromatic rings. The SMILES string of the molecule is Cc1ccc(NC(=O)c2ccc3c(c2)C(=O)c2ccccc2-3)cc1NS(=O)(=O)c1ccccc1. The van der Waals surface area contributed by atoms with Gasteiger partial charge in [-0.15, -0.1) is 0 Å². The molecule has 1 aliphatic rings. The Labute approximate surface area is 197 Å². The number of hydrogen-bond donors (Lipinski definition) is 2. The van der Waals surface area contributed by atoms with Gasteiger partial charge in [0.05, 0.1) is 10.6 Å². The van der Waals surface area contributed by atoms with E-state index in [0.717, 1.165) is 11.1 Å². The molecule has 5 rings (SSSR count). The molecule has 1 amide bonds. The van der Waals surface area contributed by atoms with Crippen molar-refractivity contribution in [3.05, 3.63) is 113 Å². The van der Waals surface area contributed by atoms with Crippen LogP contribution in [0.25, 0.3) is 11.1 Å². The maximum absolute atomic E-state index is 12.9. The van der Waals surface area contributed by atoms with Gasteiger partial charge in [0.1, 0.15) is 0 Å². The molecule has 0 atom stereocenters. The molecule has 0 saturated carbocycles. The number of rotatable bonds is 5. The monoisotopic (exact) mass is 468 g/mol. The quantitative estimate of drug-likeness (QED) is 0.368. The minimum Gasteiger partial charge on any atom is -0.322 e. The van der Waals surface area contributed by atoms with Crippen molar-refractivity contribution in [3.8, 4) is 11.1 Å². The van der Waals surface area contributed by atoms with Crippen LogP contribution in [0, 0.1) is 6.92 Å². The molecular formula is C27H20N2O4S. The van der Waals surface area contributed by atoms with Gasteiger partial charge >= 0.3 is 0 Å². The summed E-state index contributed by atoms with van der Waals surface area (Å²) in [6, 6.07) is 25.5. The van der Waals surface area contributed by atoms with E-state index in [4.69, 9.17) is 0 Å². The van der Waals surface area contributed by atoms with Crippen LogP contribution in [0.4, 0.5) is 11.4 Å². The molecule has 0 spiro atoms. The number of anilines is 2. The van der Waals surface area contributed by atoms with Gasteiger partial charge in [0, 0.05) is 22.4 Å². The van der Waals surface area contributed by atoms with Crippen LogP contribution in [0.1, 0.15) is 31.8 Å². The van der Waals surface area contributed by atoms with Gasteiger partial charge in [-0.2, -0.15) is 0 Å². The number of ketones is 1. The zero-order chi connectivity index (χ0) is 23.9. The van der Waals surface area contributed by atoms with E-state index in [1.807, 2.05) is 18.2 Å². The lowest BCUT2D eigenvalue weighted by molar-refractivity contribution is 0.102. The number of hydrogen-bond acceptors (Lipinski definition) is 4. The average molecular weight is 469 g/mol. The summed E-state index contributed by atoms with van der Waals surface area (Å²) >= 11 is 0. The summed E-state index contributed by atoms with van der Waals surface area (Å²) in [5, 5.41) is 2.79. The fourth-order valence-electron chi connectivity index (χ4n) is 3.99. The third-order valence-corrected chi connectivity index (χ3v) is 7.16. The van der Waals surface area contributed by atoms with Crippen LogP contribution in [-0.4, -0.2) is 20.1 Å². The molecule has 0 radical (unpaired) electrons.